The first-order chi connectivity index (χ1) is 13.9. The number of hydrogen-bond donors (Lipinski definition) is 0. The van der Waals surface area contributed by atoms with Gasteiger partial charge in [-0.3, -0.25) is 4.68 Å². The number of fused-ring (bicyclic) bond motifs is 3. The van der Waals surface area contributed by atoms with Crippen LogP contribution in [0.1, 0.15) is 42.1 Å². The zero-order chi connectivity index (χ0) is 18.5. The minimum atomic E-state index is 0.522. The van der Waals surface area contributed by atoms with Gasteiger partial charge in [0.25, 0.3) is 0 Å². The van der Waals surface area contributed by atoms with E-state index in [2.05, 4.69) is 25.5 Å². The van der Waals surface area contributed by atoms with Crippen LogP contribution in [0.2, 0.25) is 0 Å². The molecule has 0 saturated carbocycles. The van der Waals surface area contributed by atoms with E-state index in [0.717, 1.165) is 48.4 Å². The van der Waals surface area contributed by atoms with Gasteiger partial charge < -0.3 is 4.57 Å². The normalized spacial score (nSPS) is 18.8. The van der Waals surface area contributed by atoms with Gasteiger partial charge in [-0.25, -0.2) is 15.0 Å². The summed E-state index contributed by atoms with van der Waals surface area (Å²) in [7, 11) is 0. The van der Waals surface area contributed by atoms with Gasteiger partial charge >= 0.3 is 0 Å². The van der Waals surface area contributed by atoms with Crippen LogP contribution in [-0.2, 0) is 25.9 Å². The van der Waals surface area contributed by atoms with Crippen LogP contribution in [0.4, 0.5) is 0 Å². The third-order valence-corrected chi connectivity index (χ3v) is 6.25. The summed E-state index contributed by atoms with van der Waals surface area (Å²) in [6.45, 7) is 2.04. The summed E-state index contributed by atoms with van der Waals surface area (Å²) in [4.78, 5) is 14.0. The molecule has 28 heavy (non-hydrogen) atoms. The predicted molar refractivity (Wildman–Crippen MR) is 107 cm³/mol. The molecule has 0 bridgehead atoms. The van der Waals surface area contributed by atoms with Gasteiger partial charge in [0.15, 0.2) is 5.82 Å². The summed E-state index contributed by atoms with van der Waals surface area (Å²) in [5.74, 6) is 1.25. The fourth-order valence-corrected chi connectivity index (χ4v) is 4.78. The van der Waals surface area contributed by atoms with Gasteiger partial charge in [-0.15, -0.1) is 0 Å². The van der Waals surface area contributed by atoms with Gasteiger partial charge in [0.2, 0.25) is 0 Å². The summed E-state index contributed by atoms with van der Waals surface area (Å²) in [5.41, 5.74) is 6.06. The quantitative estimate of drug-likeness (QED) is 0.539. The molecule has 1 aromatic carbocycles. The molecule has 0 saturated heterocycles. The van der Waals surface area contributed by atoms with E-state index in [9.17, 15) is 0 Å². The van der Waals surface area contributed by atoms with E-state index in [1.807, 2.05) is 36.8 Å². The van der Waals surface area contributed by atoms with Crippen LogP contribution in [-0.4, -0.2) is 29.3 Å². The van der Waals surface area contributed by atoms with E-state index in [1.165, 1.54) is 36.2 Å². The van der Waals surface area contributed by atoms with Crippen molar-refractivity contribution in [2.45, 2.75) is 51.1 Å². The summed E-state index contributed by atoms with van der Waals surface area (Å²) < 4.78 is 4.52. The first-order valence-electron chi connectivity index (χ1n) is 10.2. The van der Waals surface area contributed by atoms with E-state index in [1.54, 1.807) is 0 Å². The number of benzene rings is 1. The van der Waals surface area contributed by atoms with Gasteiger partial charge in [-0.2, -0.15) is 5.10 Å². The largest absolute Gasteiger partial charge is 0.333 e. The molecule has 140 valence electrons. The summed E-state index contributed by atoms with van der Waals surface area (Å²) >= 11 is 0. The number of rotatable bonds is 2. The number of imidazole rings is 1. The van der Waals surface area contributed by atoms with Crippen molar-refractivity contribution in [3.05, 3.63) is 59.9 Å². The standard InChI is InChI=1S/C22H22N6/c1-2-6-18-15(5-1)11-23-22(26-18)21-20-9-8-16(13-27(20)14-24-21)17-12-25-28-10-4-3-7-19(17)28/h1-2,5-6,11-12,14,16H,3-4,7-10,13H2. The SMILES string of the molecule is c1ccc2nc(-c3ncn4c3CCC(c3cnn5c3CCCC5)C4)ncc2c1. The minimum absolute atomic E-state index is 0.522. The van der Waals surface area contributed by atoms with Crippen LogP contribution >= 0.6 is 0 Å². The molecule has 0 radical (unpaired) electrons. The fraction of sp³-hybridized carbons (Fsp3) is 0.364. The van der Waals surface area contributed by atoms with Gasteiger partial charge in [0, 0.05) is 42.0 Å². The van der Waals surface area contributed by atoms with Crippen molar-refractivity contribution in [2.75, 3.05) is 0 Å². The number of aryl methyl sites for hydroxylation is 1. The lowest BCUT2D eigenvalue weighted by Crippen LogP contribution is -2.20. The highest BCUT2D eigenvalue weighted by molar-refractivity contribution is 5.79. The van der Waals surface area contributed by atoms with Crippen molar-refractivity contribution in [1.29, 1.82) is 0 Å². The third-order valence-electron chi connectivity index (χ3n) is 6.25. The highest BCUT2D eigenvalue weighted by atomic mass is 15.3. The molecule has 0 spiro atoms. The second-order valence-corrected chi connectivity index (χ2v) is 7.91. The lowest BCUT2D eigenvalue weighted by Gasteiger charge is -2.26. The molecule has 5 heterocycles. The smallest absolute Gasteiger partial charge is 0.180 e. The number of para-hydroxylation sites is 1. The van der Waals surface area contributed by atoms with Crippen molar-refractivity contribution in [2.24, 2.45) is 0 Å². The van der Waals surface area contributed by atoms with E-state index < -0.39 is 0 Å². The number of aromatic nitrogens is 6. The highest BCUT2D eigenvalue weighted by Crippen LogP contribution is 2.35. The van der Waals surface area contributed by atoms with Crippen LogP contribution in [0, 0.1) is 0 Å². The number of hydrogen-bond acceptors (Lipinski definition) is 4. The fourth-order valence-electron chi connectivity index (χ4n) is 4.78. The molecular formula is C22H22N6. The average molecular weight is 370 g/mol. The number of nitrogens with zero attached hydrogens (tertiary/aromatic N) is 6. The lowest BCUT2D eigenvalue weighted by atomic mass is 9.89. The summed E-state index contributed by atoms with van der Waals surface area (Å²) in [5, 5.41) is 5.70. The molecule has 0 fully saturated rings. The molecular weight excluding hydrogens is 348 g/mol. The first kappa shape index (κ1) is 16.0. The zero-order valence-corrected chi connectivity index (χ0v) is 15.8. The Balaban J connectivity index is 1.33. The molecule has 3 aromatic heterocycles. The molecule has 6 nitrogen and oxygen atoms in total. The molecule has 0 N–H and O–H groups in total. The van der Waals surface area contributed by atoms with Gasteiger partial charge in [0.05, 0.1) is 18.0 Å². The zero-order valence-electron chi connectivity index (χ0n) is 15.8. The van der Waals surface area contributed by atoms with Crippen molar-refractivity contribution < 1.29 is 0 Å². The Labute approximate surface area is 163 Å². The Morgan fingerprint density at radius 3 is 2.93 bits per heavy atom. The molecule has 0 aliphatic carbocycles. The van der Waals surface area contributed by atoms with Crippen molar-refractivity contribution in [1.82, 2.24) is 29.3 Å². The average Bonchev–Trinajstić information content (AvgIpc) is 3.37. The Morgan fingerprint density at radius 1 is 0.964 bits per heavy atom. The van der Waals surface area contributed by atoms with Gasteiger partial charge in [-0.05, 0) is 43.7 Å². The molecule has 6 rings (SSSR count). The molecule has 6 heteroatoms. The minimum Gasteiger partial charge on any atom is -0.333 e. The Bertz CT molecular complexity index is 1170. The predicted octanol–water partition coefficient (Wildman–Crippen LogP) is 3.76. The molecule has 1 atom stereocenters. The maximum absolute atomic E-state index is 4.75. The Morgan fingerprint density at radius 2 is 1.93 bits per heavy atom. The van der Waals surface area contributed by atoms with Gasteiger partial charge in [-0.1, -0.05) is 18.2 Å². The Hall–Kier alpha value is -3.02. The van der Waals surface area contributed by atoms with E-state index in [0.29, 0.717) is 5.92 Å². The molecule has 4 aromatic rings. The molecule has 2 aliphatic rings. The van der Waals surface area contributed by atoms with E-state index in [-0.39, 0.29) is 0 Å². The summed E-state index contributed by atoms with van der Waals surface area (Å²) in [6.07, 6.45) is 11.8. The maximum Gasteiger partial charge on any atom is 0.180 e. The van der Waals surface area contributed by atoms with Crippen molar-refractivity contribution >= 4 is 10.9 Å². The molecule has 2 aliphatic heterocycles. The van der Waals surface area contributed by atoms with Crippen LogP contribution in [0.25, 0.3) is 22.4 Å². The monoisotopic (exact) mass is 370 g/mol. The first-order valence-corrected chi connectivity index (χ1v) is 10.2. The maximum atomic E-state index is 4.75. The van der Waals surface area contributed by atoms with Crippen LogP contribution in [0.15, 0.2) is 43.0 Å². The van der Waals surface area contributed by atoms with E-state index in [4.69, 9.17) is 9.97 Å². The van der Waals surface area contributed by atoms with Crippen LogP contribution in [0.3, 0.4) is 0 Å². The second kappa shape index (κ2) is 6.26. The van der Waals surface area contributed by atoms with Crippen LogP contribution < -0.4 is 0 Å². The highest BCUT2D eigenvalue weighted by Gasteiger charge is 2.28. The van der Waals surface area contributed by atoms with Crippen LogP contribution in [0.5, 0.6) is 0 Å². The molecule has 1 unspecified atom stereocenters. The van der Waals surface area contributed by atoms with Gasteiger partial charge in [0.1, 0.15) is 5.69 Å². The summed E-state index contributed by atoms with van der Waals surface area (Å²) in [6, 6.07) is 8.10. The topological polar surface area (TPSA) is 61.4 Å². The van der Waals surface area contributed by atoms with Crippen molar-refractivity contribution in [3.8, 4) is 11.5 Å². The Kier molecular flexibility index (Phi) is 3.57. The lowest BCUT2D eigenvalue weighted by molar-refractivity contribution is 0.447. The van der Waals surface area contributed by atoms with E-state index >= 15 is 0 Å². The van der Waals surface area contributed by atoms with Crippen molar-refractivity contribution in [3.63, 3.8) is 0 Å². The second-order valence-electron chi connectivity index (χ2n) is 7.91. The molecule has 0 amide bonds. The third kappa shape index (κ3) is 2.47.